The molecule has 0 radical (unpaired) electrons. The van der Waals surface area contributed by atoms with Crippen molar-refractivity contribution in [2.75, 3.05) is 0 Å². The summed E-state index contributed by atoms with van der Waals surface area (Å²) in [6, 6.07) is 13.7. The lowest BCUT2D eigenvalue weighted by molar-refractivity contribution is -0.130. The van der Waals surface area contributed by atoms with E-state index >= 15 is 0 Å². The average molecular weight is 306 g/mol. The monoisotopic (exact) mass is 306 g/mol. The molecule has 2 fully saturated rings. The first kappa shape index (κ1) is 14.6. The molecule has 2 aromatic rings. The van der Waals surface area contributed by atoms with Gasteiger partial charge in [0, 0.05) is 11.0 Å². The van der Waals surface area contributed by atoms with Gasteiger partial charge in [0.15, 0.2) is 5.78 Å². The molecule has 118 valence electrons. The number of carbonyl (C=O) groups excluding carboxylic acids is 2. The van der Waals surface area contributed by atoms with Crippen LogP contribution in [0.15, 0.2) is 42.5 Å². The van der Waals surface area contributed by atoms with E-state index in [0.29, 0.717) is 5.56 Å². The van der Waals surface area contributed by atoms with Crippen molar-refractivity contribution in [3.63, 3.8) is 0 Å². The number of Topliss-reactive ketones (excluding diaryl/α,β-unsaturated/α-hetero) is 2. The van der Waals surface area contributed by atoms with E-state index in [0.717, 1.165) is 23.6 Å². The van der Waals surface area contributed by atoms with Crippen molar-refractivity contribution in [2.45, 2.75) is 33.6 Å². The van der Waals surface area contributed by atoms with Crippen LogP contribution in [0.2, 0.25) is 0 Å². The molecular formula is C21H22O2. The van der Waals surface area contributed by atoms with Gasteiger partial charge in [0.2, 0.25) is 0 Å². The molecule has 3 unspecified atom stereocenters. The van der Waals surface area contributed by atoms with Crippen LogP contribution in [0, 0.1) is 22.7 Å². The van der Waals surface area contributed by atoms with Gasteiger partial charge in [0.05, 0.1) is 5.92 Å². The lowest BCUT2D eigenvalue weighted by Gasteiger charge is -2.32. The highest BCUT2D eigenvalue weighted by Crippen LogP contribution is 2.66. The molecule has 0 N–H and O–H groups in total. The zero-order valence-electron chi connectivity index (χ0n) is 13.9. The Kier molecular flexibility index (Phi) is 2.88. The third-order valence-electron chi connectivity index (χ3n) is 6.87. The Balaban J connectivity index is 1.83. The number of fused-ring (bicyclic) bond motifs is 3. The Morgan fingerprint density at radius 1 is 1.04 bits per heavy atom. The molecule has 0 aliphatic heterocycles. The predicted molar refractivity (Wildman–Crippen MR) is 91.4 cm³/mol. The molecule has 23 heavy (non-hydrogen) atoms. The van der Waals surface area contributed by atoms with Crippen LogP contribution in [-0.2, 0) is 4.79 Å². The minimum absolute atomic E-state index is 0.0216. The molecular weight excluding hydrogens is 284 g/mol. The fourth-order valence-corrected chi connectivity index (χ4v) is 5.00. The van der Waals surface area contributed by atoms with Crippen molar-refractivity contribution in [3.8, 4) is 0 Å². The van der Waals surface area contributed by atoms with E-state index in [1.54, 1.807) is 0 Å². The lowest BCUT2D eigenvalue weighted by Crippen LogP contribution is -2.35. The molecule has 2 nitrogen and oxygen atoms in total. The topological polar surface area (TPSA) is 34.1 Å². The quantitative estimate of drug-likeness (QED) is 0.597. The van der Waals surface area contributed by atoms with Crippen LogP contribution >= 0.6 is 0 Å². The normalized spacial score (nSPS) is 31.7. The molecule has 2 aliphatic rings. The Morgan fingerprint density at radius 3 is 2.43 bits per heavy atom. The third kappa shape index (κ3) is 1.69. The SMILES string of the molecule is CC12CCC(C(C(=O)c3cccc4ccccc34)C1=O)C2(C)C. The molecule has 0 aromatic heterocycles. The van der Waals surface area contributed by atoms with Crippen LogP contribution < -0.4 is 0 Å². The summed E-state index contributed by atoms with van der Waals surface area (Å²) in [5.41, 5.74) is 0.269. The summed E-state index contributed by atoms with van der Waals surface area (Å²) in [4.78, 5) is 26.3. The number of rotatable bonds is 2. The number of hydrogen-bond donors (Lipinski definition) is 0. The highest BCUT2D eigenvalue weighted by Gasteiger charge is 2.67. The van der Waals surface area contributed by atoms with Gasteiger partial charge in [0.1, 0.15) is 5.78 Å². The summed E-state index contributed by atoms with van der Waals surface area (Å²) in [7, 11) is 0. The van der Waals surface area contributed by atoms with E-state index in [-0.39, 0.29) is 28.3 Å². The summed E-state index contributed by atoms with van der Waals surface area (Å²) >= 11 is 0. The molecule has 2 aliphatic carbocycles. The van der Waals surface area contributed by atoms with Crippen molar-refractivity contribution in [3.05, 3.63) is 48.0 Å². The van der Waals surface area contributed by atoms with Crippen LogP contribution in [0.1, 0.15) is 44.0 Å². The first-order chi connectivity index (χ1) is 10.9. The van der Waals surface area contributed by atoms with Crippen LogP contribution in [-0.4, -0.2) is 11.6 Å². The van der Waals surface area contributed by atoms with E-state index in [4.69, 9.17) is 0 Å². The van der Waals surface area contributed by atoms with Gasteiger partial charge in [-0.1, -0.05) is 63.2 Å². The molecule has 2 aromatic carbocycles. The number of carbonyl (C=O) groups is 2. The molecule has 0 heterocycles. The largest absolute Gasteiger partial charge is 0.298 e. The van der Waals surface area contributed by atoms with Crippen molar-refractivity contribution >= 4 is 22.3 Å². The summed E-state index contributed by atoms with van der Waals surface area (Å²) in [5.74, 6) is -0.106. The maximum Gasteiger partial charge on any atom is 0.174 e. The molecule has 0 amide bonds. The Morgan fingerprint density at radius 2 is 1.74 bits per heavy atom. The van der Waals surface area contributed by atoms with Crippen molar-refractivity contribution in [1.29, 1.82) is 0 Å². The van der Waals surface area contributed by atoms with E-state index < -0.39 is 5.92 Å². The van der Waals surface area contributed by atoms with E-state index in [2.05, 4.69) is 20.8 Å². The zero-order valence-corrected chi connectivity index (χ0v) is 13.9. The summed E-state index contributed by atoms with van der Waals surface area (Å²) in [6.45, 7) is 6.39. The van der Waals surface area contributed by atoms with E-state index in [9.17, 15) is 9.59 Å². The minimum Gasteiger partial charge on any atom is -0.298 e. The predicted octanol–water partition coefficient (Wildman–Crippen LogP) is 4.66. The molecule has 0 saturated heterocycles. The van der Waals surface area contributed by atoms with Gasteiger partial charge in [-0.2, -0.15) is 0 Å². The summed E-state index contributed by atoms with van der Waals surface area (Å²) < 4.78 is 0. The van der Waals surface area contributed by atoms with Crippen LogP contribution in [0.3, 0.4) is 0 Å². The smallest absolute Gasteiger partial charge is 0.174 e. The average Bonchev–Trinajstić information content (AvgIpc) is 2.86. The van der Waals surface area contributed by atoms with Crippen LogP contribution in [0.5, 0.6) is 0 Å². The lowest BCUT2D eigenvalue weighted by atomic mass is 9.70. The van der Waals surface area contributed by atoms with Gasteiger partial charge in [-0.25, -0.2) is 0 Å². The van der Waals surface area contributed by atoms with Crippen molar-refractivity contribution in [2.24, 2.45) is 22.7 Å². The molecule has 2 saturated carbocycles. The maximum atomic E-state index is 13.3. The van der Waals surface area contributed by atoms with Gasteiger partial charge in [0.25, 0.3) is 0 Å². The fourth-order valence-electron chi connectivity index (χ4n) is 5.00. The van der Waals surface area contributed by atoms with Gasteiger partial charge in [-0.3, -0.25) is 9.59 Å². The second kappa shape index (κ2) is 4.53. The van der Waals surface area contributed by atoms with Crippen molar-refractivity contribution < 1.29 is 9.59 Å². The second-order valence-corrected chi connectivity index (χ2v) is 7.93. The summed E-state index contributed by atoms with van der Waals surface area (Å²) in [5, 5.41) is 2.01. The number of ketones is 2. The van der Waals surface area contributed by atoms with Crippen LogP contribution in [0.25, 0.3) is 10.8 Å². The first-order valence-electron chi connectivity index (χ1n) is 8.44. The summed E-state index contributed by atoms with van der Waals surface area (Å²) in [6.07, 6.45) is 1.90. The molecule has 2 heteroatoms. The van der Waals surface area contributed by atoms with E-state index in [1.807, 2.05) is 42.5 Å². The van der Waals surface area contributed by atoms with Gasteiger partial charge < -0.3 is 0 Å². The van der Waals surface area contributed by atoms with Crippen LogP contribution in [0.4, 0.5) is 0 Å². The van der Waals surface area contributed by atoms with Gasteiger partial charge >= 0.3 is 0 Å². The molecule has 3 atom stereocenters. The molecule has 0 spiro atoms. The second-order valence-electron chi connectivity index (χ2n) is 7.93. The minimum atomic E-state index is -0.463. The Labute approximate surface area is 136 Å². The Hall–Kier alpha value is -1.96. The molecule has 4 rings (SSSR count). The third-order valence-corrected chi connectivity index (χ3v) is 6.87. The standard InChI is InChI=1S/C21H22O2/c1-20(2)16-11-12-21(20,3)19(23)17(16)18(22)15-10-6-8-13-7-4-5-9-14(13)15/h4-10,16-17H,11-12H2,1-3H3. The maximum absolute atomic E-state index is 13.3. The number of hydrogen-bond acceptors (Lipinski definition) is 2. The van der Waals surface area contributed by atoms with Gasteiger partial charge in [-0.05, 0) is 34.9 Å². The van der Waals surface area contributed by atoms with Crippen molar-refractivity contribution in [1.82, 2.24) is 0 Å². The molecule has 2 bridgehead atoms. The highest BCUT2D eigenvalue weighted by atomic mass is 16.2. The highest BCUT2D eigenvalue weighted by molar-refractivity contribution is 6.19. The van der Waals surface area contributed by atoms with E-state index in [1.165, 1.54) is 0 Å². The number of benzene rings is 2. The zero-order chi connectivity index (χ0) is 16.4. The first-order valence-corrected chi connectivity index (χ1v) is 8.44. The van der Waals surface area contributed by atoms with Gasteiger partial charge in [-0.15, -0.1) is 0 Å². The Bertz CT molecular complexity index is 827. The fraction of sp³-hybridized carbons (Fsp3) is 0.429.